The first kappa shape index (κ1) is 15.6. The third-order valence-corrected chi connectivity index (χ3v) is 4.43. The van der Waals surface area contributed by atoms with Gasteiger partial charge >= 0.3 is 0 Å². The van der Waals surface area contributed by atoms with E-state index in [9.17, 15) is 4.79 Å². The number of carbonyl (C=O) groups excluding carboxylic acids is 1. The Balaban J connectivity index is 1.88. The maximum atomic E-state index is 12.0. The van der Waals surface area contributed by atoms with Gasteiger partial charge in [-0.3, -0.25) is 4.79 Å². The third-order valence-electron chi connectivity index (χ3n) is 2.58. The van der Waals surface area contributed by atoms with E-state index in [1.165, 1.54) is 11.3 Å². The van der Waals surface area contributed by atoms with Gasteiger partial charge in [0.05, 0.1) is 25.1 Å². The highest BCUT2D eigenvalue weighted by molar-refractivity contribution is 7.12. The van der Waals surface area contributed by atoms with E-state index in [-0.39, 0.29) is 12.5 Å². The minimum absolute atomic E-state index is 0.0737. The molecule has 4 nitrogen and oxygen atoms in total. The smallest absolute Gasteiger partial charge is 0.261 e. The lowest BCUT2D eigenvalue weighted by Gasteiger charge is -2.00. The predicted octanol–water partition coefficient (Wildman–Crippen LogP) is 2.48. The molecule has 2 heterocycles. The molecule has 2 aromatic heterocycles. The second-order valence-corrected chi connectivity index (χ2v) is 6.02. The van der Waals surface area contributed by atoms with Crippen molar-refractivity contribution < 1.29 is 14.6 Å². The van der Waals surface area contributed by atoms with Gasteiger partial charge in [-0.05, 0) is 6.07 Å². The number of thiophene rings is 2. The van der Waals surface area contributed by atoms with Gasteiger partial charge in [0, 0.05) is 33.7 Å². The van der Waals surface area contributed by atoms with Crippen LogP contribution < -0.4 is 10.1 Å². The summed E-state index contributed by atoms with van der Waals surface area (Å²) in [7, 11) is 1.58. The molecule has 0 radical (unpaired) electrons. The molecule has 0 atom stereocenters. The van der Waals surface area contributed by atoms with Gasteiger partial charge in [-0.2, -0.15) is 0 Å². The van der Waals surface area contributed by atoms with Crippen LogP contribution in [0.15, 0.2) is 22.9 Å². The lowest BCUT2D eigenvalue weighted by Crippen LogP contribution is -2.21. The van der Waals surface area contributed by atoms with E-state index in [0.29, 0.717) is 23.6 Å². The number of ether oxygens (including phenoxy) is 1. The van der Waals surface area contributed by atoms with E-state index in [1.54, 1.807) is 29.9 Å². The average Bonchev–Trinajstić information content (AvgIpc) is 3.14. The number of amides is 1. The summed E-state index contributed by atoms with van der Waals surface area (Å²) in [5.74, 6) is 6.43. The van der Waals surface area contributed by atoms with Gasteiger partial charge < -0.3 is 15.2 Å². The molecule has 2 rings (SSSR count). The number of aliphatic hydroxyl groups excluding tert-OH is 1. The SMILES string of the molecule is COc1csc(C(=O)NCc2cc(C#CCCO)cs2)c1. The Morgan fingerprint density at radius 2 is 2.24 bits per heavy atom. The Morgan fingerprint density at radius 1 is 1.38 bits per heavy atom. The highest BCUT2D eigenvalue weighted by atomic mass is 32.1. The van der Waals surface area contributed by atoms with Gasteiger partial charge in [0.2, 0.25) is 0 Å². The summed E-state index contributed by atoms with van der Waals surface area (Å²) in [6.07, 6.45) is 0.474. The molecular formula is C15H15NO3S2. The molecule has 21 heavy (non-hydrogen) atoms. The normalized spacial score (nSPS) is 9.81. The number of methoxy groups -OCH3 is 1. The Bertz CT molecular complexity index is 664. The predicted molar refractivity (Wildman–Crippen MR) is 84.9 cm³/mol. The van der Waals surface area contributed by atoms with Crippen molar-refractivity contribution in [2.45, 2.75) is 13.0 Å². The summed E-state index contributed by atoms with van der Waals surface area (Å²) in [6, 6.07) is 3.67. The van der Waals surface area contributed by atoms with Crippen LogP contribution in [0.5, 0.6) is 5.75 Å². The summed E-state index contributed by atoms with van der Waals surface area (Å²) in [5, 5.41) is 15.3. The van der Waals surface area contributed by atoms with Crippen molar-refractivity contribution in [2.75, 3.05) is 13.7 Å². The molecule has 0 saturated heterocycles. The molecule has 0 unspecified atom stereocenters. The number of hydrogen-bond donors (Lipinski definition) is 2. The molecule has 0 saturated carbocycles. The van der Waals surface area contributed by atoms with Crippen LogP contribution in [-0.4, -0.2) is 24.7 Å². The van der Waals surface area contributed by atoms with E-state index >= 15 is 0 Å². The van der Waals surface area contributed by atoms with Crippen molar-refractivity contribution in [1.82, 2.24) is 5.32 Å². The molecule has 0 aromatic carbocycles. The summed E-state index contributed by atoms with van der Waals surface area (Å²) in [6.45, 7) is 0.551. The van der Waals surface area contributed by atoms with Crippen molar-refractivity contribution >= 4 is 28.6 Å². The van der Waals surface area contributed by atoms with E-state index in [1.807, 2.05) is 11.4 Å². The molecule has 0 fully saturated rings. The van der Waals surface area contributed by atoms with Crippen LogP contribution in [0.25, 0.3) is 0 Å². The topological polar surface area (TPSA) is 58.6 Å². The van der Waals surface area contributed by atoms with Crippen LogP contribution in [-0.2, 0) is 6.54 Å². The van der Waals surface area contributed by atoms with Crippen LogP contribution in [0.1, 0.15) is 26.5 Å². The lowest BCUT2D eigenvalue weighted by molar-refractivity contribution is 0.0955. The summed E-state index contributed by atoms with van der Waals surface area (Å²) in [4.78, 5) is 13.6. The summed E-state index contributed by atoms with van der Waals surface area (Å²) in [5.41, 5.74) is 0.912. The van der Waals surface area contributed by atoms with E-state index in [0.717, 1.165) is 10.4 Å². The highest BCUT2D eigenvalue weighted by Crippen LogP contribution is 2.21. The number of carbonyl (C=O) groups is 1. The Morgan fingerprint density at radius 3 is 2.95 bits per heavy atom. The average molecular weight is 321 g/mol. The Hall–Kier alpha value is -1.81. The van der Waals surface area contributed by atoms with Crippen LogP contribution in [0.2, 0.25) is 0 Å². The molecule has 1 amide bonds. The number of hydrogen-bond acceptors (Lipinski definition) is 5. The third kappa shape index (κ3) is 4.60. The summed E-state index contributed by atoms with van der Waals surface area (Å²) < 4.78 is 5.06. The number of nitrogens with one attached hydrogen (secondary N) is 1. The monoisotopic (exact) mass is 321 g/mol. The van der Waals surface area contributed by atoms with Crippen LogP contribution in [0, 0.1) is 11.8 Å². The van der Waals surface area contributed by atoms with Gasteiger partial charge in [-0.1, -0.05) is 11.8 Å². The molecule has 0 spiro atoms. The van der Waals surface area contributed by atoms with E-state index < -0.39 is 0 Å². The van der Waals surface area contributed by atoms with E-state index in [2.05, 4.69) is 17.2 Å². The molecule has 110 valence electrons. The molecule has 0 aliphatic carbocycles. The van der Waals surface area contributed by atoms with Crippen LogP contribution in [0.4, 0.5) is 0 Å². The molecular weight excluding hydrogens is 306 g/mol. The number of rotatable bonds is 5. The maximum Gasteiger partial charge on any atom is 0.261 e. The van der Waals surface area contributed by atoms with Crippen molar-refractivity contribution in [2.24, 2.45) is 0 Å². The summed E-state index contributed by atoms with van der Waals surface area (Å²) >= 11 is 2.91. The van der Waals surface area contributed by atoms with Gasteiger partial charge in [0.1, 0.15) is 5.75 Å². The molecule has 0 aliphatic rings. The Kier molecular flexibility index (Phi) is 5.81. The fourth-order valence-electron chi connectivity index (χ4n) is 1.56. The van der Waals surface area contributed by atoms with Crippen molar-refractivity contribution in [3.63, 3.8) is 0 Å². The first-order valence-electron chi connectivity index (χ1n) is 6.31. The van der Waals surface area contributed by atoms with Gasteiger partial charge in [-0.25, -0.2) is 0 Å². The zero-order valence-corrected chi connectivity index (χ0v) is 13.1. The standard InChI is InChI=1S/C15H15NO3S2/c1-19-12-7-14(21-10-12)15(18)16-8-13-6-11(9-20-13)4-2-3-5-17/h6-7,9-10,17H,3,5,8H2,1H3,(H,16,18). The molecule has 0 aliphatic heterocycles. The van der Waals surface area contributed by atoms with Crippen LogP contribution in [0.3, 0.4) is 0 Å². The van der Waals surface area contributed by atoms with Gasteiger partial charge in [-0.15, -0.1) is 22.7 Å². The van der Waals surface area contributed by atoms with E-state index in [4.69, 9.17) is 9.84 Å². The largest absolute Gasteiger partial charge is 0.496 e. The van der Waals surface area contributed by atoms with Crippen molar-refractivity contribution in [3.8, 4) is 17.6 Å². The zero-order valence-electron chi connectivity index (χ0n) is 11.5. The van der Waals surface area contributed by atoms with Gasteiger partial charge in [0.25, 0.3) is 5.91 Å². The Labute approximate surface area is 131 Å². The molecule has 2 aromatic rings. The highest BCUT2D eigenvalue weighted by Gasteiger charge is 2.09. The fraction of sp³-hybridized carbons (Fsp3) is 0.267. The minimum Gasteiger partial charge on any atom is -0.496 e. The molecule has 0 bridgehead atoms. The first-order chi connectivity index (χ1) is 10.2. The zero-order chi connectivity index (χ0) is 15.1. The second-order valence-electron chi connectivity index (χ2n) is 4.11. The van der Waals surface area contributed by atoms with Crippen molar-refractivity contribution in [1.29, 1.82) is 0 Å². The maximum absolute atomic E-state index is 12.0. The number of aliphatic hydroxyl groups is 1. The van der Waals surface area contributed by atoms with Crippen molar-refractivity contribution in [3.05, 3.63) is 38.2 Å². The quantitative estimate of drug-likeness (QED) is 0.832. The van der Waals surface area contributed by atoms with Crippen LogP contribution >= 0.6 is 22.7 Å². The van der Waals surface area contributed by atoms with Gasteiger partial charge in [0.15, 0.2) is 0 Å². The molecule has 2 N–H and O–H groups in total. The first-order valence-corrected chi connectivity index (χ1v) is 8.06. The molecule has 6 heteroatoms. The lowest BCUT2D eigenvalue weighted by atomic mass is 10.3. The fourth-order valence-corrected chi connectivity index (χ4v) is 3.09. The second kappa shape index (κ2) is 7.84. The minimum atomic E-state index is -0.107.